The summed E-state index contributed by atoms with van der Waals surface area (Å²) in [6, 6.07) is 4.37. The lowest BCUT2D eigenvalue weighted by molar-refractivity contribution is -0.139. The van der Waals surface area contributed by atoms with Gasteiger partial charge in [-0.15, -0.1) is 0 Å². The summed E-state index contributed by atoms with van der Waals surface area (Å²) in [6.07, 6.45) is 3.47. The number of carbonyl (C=O) groups excluding carboxylic acids is 2. The third-order valence-corrected chi connectivity index (χ3v) is 5.36. The van der Waals surface area contributed by atoms with Crippen molar-refractivity contribution >= 4 is 23.0 Å². The molecule has 0 aliphatic carbocycles. The lowest BCUT2D eigenvalue weighted by Gasteiger charge is -2.27. The van der Waals surface area contributed by atoms with E-state index in [1.54, 1.807) is 33.8 Å². The second-order valence-electron chi connectivity index (χ2n) is 9.01. The Morgan fingerprint density at radius 1 is 1.26 bits per heavy atom. The standard InChI is InChI=1S/C24H31NO6/c1-6-7-9-16-14-20(26)30-21-15(2)19(12-11-17(16)21)29-22(27)18-10-8-13-25(18)23(28)31-24(3,4)5/h11-12,14,18H,6-10,13H2,1-5H3/t18-/m1/s1. The maximum atomic E-state index is 12.9. The molecule has 1 fully saturated rings. The van der Waals surface area contributed by atoms with Crippen LogP contribution in [0.5, 0.6) is 5.75 Å². The highest BCUT2D eigenvalue weighted by atomic mass is 16.6. The fourth-order valence-electron chi connectivity index (χ4n) is 3.82. The average Bonchev–Trinajstić information content (AvgIpc) is 3.17. The van der Waals surface area contributed by atoms with Gasteiger partial charge in [-0.2, -0.15) is 0 Å². The molecule has 0 saturated carbocycles. The van der Waals surface area contributed by atoms with Gasteiger partial charge in [-0.3, -0.25) is 4.90 Å². The van der Waals surface area contributed by atoms with E-state index in [0.29, 0.717) is 36.3 Å². The maximum absolute atomic E-state index is 12.9. The van der Waals surface area contributed by atoms with Crippen LogP contribution in [0.1, 0.15) is 64.5 Å². The van der Waals surface area contributed by atoms with Gasteiger partial charge in [0.2, 0.25) is 0 Å². The molecule has 0 radical (unpaired) electrons. The van der Waals surface area contributed by atoms with E-state index in [2.05, 4.69) is 6.92 Å². The number of rotatable bonds is 5. The molecular formula is C24H31NO6. The summed E-state index contributed by atoms with van der Waals surface area (Å²) in [5, 5.41) is 0.849. The van der Waals surface area contributed by atoms with Crippen molar-refractivity contribution in [2.45, 2.75) is 78.4 Å². The van der Waals surface area contributed by atoms with E-state index in [0.717, 1.165) is 30.2 Å². The number of aryl methyl sites for hydroxylation is 2. The largest absolute Gasteiger partial charge is 0.444 e. The Hall–Kier alpha value is -2.83. The number of esters is 1. The van der Waals surface area contributed by atoms with Crippen LogP contribution >= 0.6 is 0 Å². The van der Waals surface area contributed by atoms with Gasteiger partial charge in [0.05, 0.1) is 0 Å². The molecule has 31 heavy (non-hydrogen) atoms. The Kier molecular flexibility index (Phi) is 6.72. The minimum Gasteiger partial charge on any atom is -0.444 e. The predicted molar refractivity (Wildman–Crippen MR) is 117 cm³/mol. The summed E-state index contributed by atoms with van der Waals surface area (Å²) in [4.78, 5) is 38.9. The third kappa shape index (κ3) is 5.27. The van der Waals surface area contributed by atoms with Crippen LogP contribution in [-0.2, 0) is 16.0 Å². The number of ether oxygens (including phenoxy) is 2. The Balaban J connectivity index is 1.84. The van der Waals surface area contributed by atoms with E-state index < -0.39 is 29.3 Å². The normalized spacial score (nSPS) is 16.5. The van der Waals surface area contributed by atoms with Gasteiger partial charge in [0.1, 0.15) is 23.0 Å². The molecule has 1 aromatic heterocycles. The molecule has 0 bridgehead atoms. The first kappa shape index (κ1) is 22.8. The smallest absolute Gasteiger partial charge is 0.411 e. The zero-order valence-corrected chi connectivity index (χ0v) is 18.9. The highest BCUT2D eigenvalue weighted by Gasteiger charge is 2.38. The molecule has 7 nitrogen and oxygen atoms in total. The van der Waals surface area contributed by atoms with Crippen LogP contribution in [0.15, 0.2) is 27.4 Å². The SMILES string of the molecule is CCCCc1cc(=O)oc2c(C)c(OC(=O)[C@H]3CCCN3C(=O)OC(C)(C)C)ccc12. The number of benzene rings is 1. The first-order chi connectivity index (χ1) is 14.6. The van der Waals surface area contributed by atoms with E-state index >= 15 is 0 Å². The van der Waals surface area contributed by atoms with Gasteiger partial charge in [0.25, 0.3) is 0 Å². The molecule has 1 aromatic carbocycles. The molecule has 1 amide bonds. The summed E-state index contributed by atoms with van der Waals surface area (Å²) >= 11 is 0. The van der Waals surface area contributed by atoms with Gasteiger partial charge in [-0.05, 0) is 71.1 Å². The van der Waals surface area contributed by atoms with Gasteiger partial charge < -0.3 is 13.9 Å². The molecule has 7 heteroatoms. The summed E-state index contributed by atoms with van der Waals surface area (Å²) < 4.78 is 16.5. The van der Waals surface area contributed by atoms with E-state index in [-0.39, 0.29) is 0 Å². The molecule has 0 N–H and O–H groups in total. The lowest BCUT2D eigenvalue weighted by Crippen LogP contribution is -2.44. The number of likely N-dealkylation sites (tertiary alicyclic amines) is 1. The third-order valence-electron chi connectivity index (χ3n) is 5.36. The predicted octanol–water partition coefficient (Wildman–Crippen LogP) is 4.75. The Morgan fingerprint density at radius 2 is 2.00 bits per heavy atom. The molecule has 1 aliphatic heterocycles. The number of hydrogen-bond donors (Lipinski definition) is 0. The molecule has 1 atom stereocenters. The second-order valence-corrected chi connectivity index (χ2v) is 9.01. The monoisotopic (exact) mass is 429 g/mol. The van der Waals surface area contributed by atoms with Crippen LogP contribution < -0.4 is 10.4 Å². The Bertz CT molecular complexity index is 1030. The van der Waals surface area contributed by atoms with Crippen LogP contribution in [-0.4, -0.2) is 35.2 Å². The Labute approximate surface area is 182 Å². The van der Waals surface area contributed by atoms with E-state index in [4.69, 9.17) is 13.9 Å². The van der Waals surface area contributed by atoms with Gasteiger partial charge in [-0.25, -0.2) is 14.4 Å². The second kappa shape index (κ2) is 9.12. The molecular weight excluding hydrogens is 398 g/mol. The average molecular weight is 430 g/mol. The van der Waals surface area contributed by atoms with E-state index in [1.807, 2.05) is 6.07 Å². The van der Waals surface area contributed by atoms with Crippen LogP contribution in [0.3, 0.4) is 0 Å². The zero-order valence-electron chi connectivity index (χ0n) is 18.9. The van der Waals surface area contributed by atoms with Crippen LogP contribution in [0.25, 0.3) is 11.0 Å². The summed E-state index contributed by atoms with van der Waals surface area (Å²) in [5.41, 5.74) is 0.885. The lowest BCUT2D eigenvalue weighted by atomic mass is 10.0. The molecule has 2 heterocycles. The topological polar surface area (TPSA) is 86.0 Å². The van der Waals surface area contributed by atoms with Crippen molar-refractivity contribution in [3.8, 4) is 5.75 Å². The van der Waals surface area contributed by atoms with Crippen molar-refractivity contribution in [1.29, 1.82) is 0 Å². The van der Waals surface area contributed by atoms with Gasteiger partial charge in [-0.1, -0.05) is 13.3 Å². The summed E-state index contributed by atoms with van der Waals surface area (Å²) in [5.74, 6) is -0.195. The minimum absolute atomic E-state index is 0.323. The van der Waals surface area contributed by atoms with Crippen molar-refractivity contribution in [3.05, 3.63) is 39.7 Å². The molecule has 0 spiro atoms. The van der Waals surface area contributed by atoms with Gasteiger partial charge in [0.15, 0.2) is 0 Å². The number of amides is 1. The van der Waals surface area contributed by atoms with E-state index in [1.165, 1.54) is 11.0 Å². The van der Waals surface area contributed by atoms with Crippen molar-refractivity contribution in [2.75, 3.05) is 6.54 Å². The fourth-order valence-corrected chi connectivity index (χ4v) is 3.82. The Morgan fingerprint density at radius 3 is 2.68 bits per heavy atom. The van der Waals surface area contributed by atoms with Crippen molar-refractivity contribution in [3.63, 3.8) is 0 Å². The number of fused-ring (bicyclic) bond motifs is 1. The van der Waals surface area contributed by atoms with Gasteiger partial charge in [0, 0.05) is 23.6 Å². The maximum Gasteiger partial charge on any atom is 0.411 e. The molecule has 3 rings (SSSR count). The minimum atomic E-state index is -0.701. The fraction of sp³-hybridized carbons (Fsp3) is 0.542. The summed E-state index contributed by atoms with van der Waals surface area (Å²) in [6.45, 7) is 9.67. The molecule has 1 saturated heterocycles. The molecule has 1 aliphatic rings. The quantitative estimate of drug-likeness (QED) is 0.387. The van der Waals surface area contributed by atoms with E-state index in [9.17, 15) is 14.4 Å². The van der Waals surface area contributed by atoms with Gasteiger partial charge >= 0.3 is 17.7 Å². The van der Waals surface area contributed by atoms with Crippen molar-refractivity contribution in [2.24, 2.45) is 0 Å². The number of hydrogen-bond acceptors (Lipinski definition) is 6. The first-order valence-corrected chi connectivity index (χ1v) is 10.9. The highest BCUT2D eigenvalue weighted by Crippen LogP contribution is 2.30. The number of unbranched alkanes of at least 4 members (excludes halogenated alkanes) is 1. The molecule has 0 unspecified atom stereocenters. The van der Waals surface area contributed by atoms with Crippen LogP contribution in [0, 0.1) is 6.92 Å². The van der Waals surface area contributed by atoms with Crippen molar-refractivity contribution in [1.82, 2.24) is 4.90 Å². The highest BCUT2D eigenvalue weighted by molar-refractivity contribution is 5.88. The number of carbonyl (C=O) groups is 2. The summed E-state index contributed by atoms with van der Waals surface area (Å²) in [7, 11) is 0. The first-order valence-electron chi connectivity index (χ1n) is 10.9. The van der Waals surface area contributed by atoms with Crippen LogP contribution in [0.2, 0.25) is 0 Å². The molecule has 2 aromatic rings. The van der Waals surface area contributed by atoms with Crippen LogP contribution in [0.4, 0.5) is 4.79 Å². The molecule has 168 valence electrons. The van der Waals surface area contributed by atoms with Crippen molar-refractivity contribution < 1.29 is 23.5 Å². The number of nitrogens with zero attached hydrogens (tertiary/aromatic N) is 1. The zero-order chi connectivity index (χ0) is 22.8.